The molecule has 5 atom stereocenters. The fourth-order valence-electron chi connectivity index (χ4n) is 6.15. The van der Waals surface area contributed by atoms with E-state index in [1.807, 2.05) is 19.1 Å². The number of carboxylic acids is 1. The van der Waals surface area contributed by atoms with Crippen LogP contribution in [0.1, 0.15) is 25.3 Å². The van der Waals surface area contributed by atoms with Gasteiger partial charge in [-0.3, -0.25) is 14.4 Å². The Labute approximate surface area is 242 Å². The highest BCUT2D eigenvalue weighted by atomic mass is 35.5. The number of methoxy groups -OCH3 is 2. The number of hydrogen-bond acceptors (Lipinski definition) is 9. The number of benzene rings is 1. The van der Waals surface area contributed by atoms with Gasteiger partial charge in [-0.1, -0.05) is 23.8 Å². The van der Waals surface area contributed by atoms with E-state index in [2.05, 4.69) is 32.0 Å². The van der Waals surface area contributed by atoms with Gasteiger partial charge in [-0.25, -0.2) is 4.98 Å². The lowest BCUT2D eigenvalue weighted by atomic mass is 9.89. The van der Waals surface area contributed by atoms with Crippen molar-refractivity contribution >= 4 is 52.5 Å². The molecule has 2 heterocycles. The van der Waals surface area contributed by atoms with Crippen molar-refractivity contribution in [2.75, 3.05) is 42.9 Å². The lowest BCUT2D eigenvalue weighted by Gasteiger charge is -2.27. The predicted octanol–water partition coefficient (Wildman–Crippen LogP) is 3.00. The van der Waals surface area contributed by atoms with E-state index in [4.69, 9.17) is 21.1 Å². The highest BCUT2D eigenvalue weighted by Crippen LogP contribution is 2.46. The molecule has 4 N–H and O–H groups in total. The minimum Gasteiger partial charge on any atom is -0.494 e. The summed E-state index contributed by atoms with van der Waals surface area (Å²) < 4.78 is 10.7. The summed E-state index contributed by atoms with van der Waals surface area (Å²) in [7, 11) is 2.97. The number of nitrogens with one attached hydrogen (secondary N) is 3. The molecule has 1 fully saturated rings. The van der Waals surface area contributed by atoms with Crippen molar-refractivity contribution in [2.24, 2.45) is 17.8 Å². The summed E-state index contributed by atoms with van der Waals surface area (Å²) in [6, 6.07) is 2.58. The van der Waals surface area contributed by atoms with E-state index in [0.717, 1.165) is 12.0 Å². The van der Waals surface area contributed by atoms with Crippen LogP contribution < -0.4 is 25.6 Å². The molecule has 1 saturated carbocycles. The van der Waals surface area contributed by atoms with Crippen molar-refractivity contribution in [2.45, 2.75) is 38.3 Å². The standard InChI is InChI=1S/C28H33ClN6O6/c1-4-35-20-10-9-18(24(41-3)16(20)7-8-19(26(35)37)31-21(36)13-40-2)32-28-30-12-17(29)25(34-28)33-23-15-6-5-14(11-15)22(23)27(38)39/h5-6,9-10,12,14-15,19,22-23H,4,7-8,11,13H2,1-3H3,(H,31,36)(H,38,39)(H2,30,32,33,34)/t14-,15+,19-,22+,23-/m1/s1. The summed E-state index contributed by atoms with van der Waals surface area (Å²) in [5.41, 5.74) is 2.09. The molecule has 0 unspecified atom stereocenters. The Morgan fingerprint density at radius 2 is 2.00 bits per heavy atom. The first-order valence-corrected chi connectivity index (χ1v) is 13.9. The van der Waals surface area contributed by atoms with Crippen LogP contribution in [0.3, 0.4) is 0 Å². The molecule has 12 nitrogen and oxygen atoms in total. The number of carbonyl (C=O) groups is 3. The number of halogens is 1. The van der Waals surface area contributed by atoms with E-state index in [1.54, 1.807) is 18.1 Å². The van der Waals surface area contributed by atoms with Crippen molar-refractivity contribution in [3.63, 3.8) is 0 Å². The fourth-order valence-corrected chi connectivity index (χ4v) is 6.30. The number of fused-ring (bicyclic) bond motifs is 3. The topological polar surface area (TPSA) is 155 Å². The van der Waals surface area contributed by atoms with Crippen molar-refractivity contribution < 1.29 is 29.0 Å². The van der Waals surface area contributed by atoms with Crippen LogP contribution in [0, 0.1) is 17.8 Å². The molecule has 218 valence electrons. The number of likely N-dealkylation sites (N-methyl/N-ethyl adjacent to an activating group) is 1. The van der Waals surface area contributed by atoms with Crippen molar-refractivity contribution in [1.29, 1.82) is 0 Å². The van der Waals surface area contributed by atoms with Crippen molar-refractivity contribution in [1.82, 2.24) is 15.3 Å². The lowest BCUT2D eigenvalue weighted by molar-refractivity contribution is -0.142. The van der Waals surface area contributed by atoms with Crippen molar-refractivity contribution in [3.05, 3.63) is 41.1 Å². The highest BCUT2D eigenvalue weighted by molar-refractivity contribution is 6.32. The van der Waals surface area contributed by atoms with Gasteiger partial charge in [0.25, 0.3) is 0 Å². The van der Waals surface area contributed by atoms with E-state index < -0.39 is 17.9 Å². The maximum absolute atomic E-state index is 13.3. The largest absolute Gasteiger partial charge is 0.494 e. The monoisotopic (exact) mass is 584 g/mol. The van der Waals surface area contributed by atoms with Gasteiger partial charge in [0.15, 0.2) is 5.82 Å². The molecule has 2 amide bonds. The summed E-state index contributed by atoms with van der Waals surface area (Å²) in [6.45, 7) is 2.15. The van der Waals surface area contributed by atoms with Gasteiger partial charge >= 0.3 is 5.97 Å². The SMILES string of the molecule is CCN1C(=O)[C@H](NC(=O)COC)CCc2c1ccc(Nc1ncc(Cl)c(N[C@H]3[C@@H](C(=O)O)[C@@H]4C=C[C@H]3C4)n1)c2OC. The third-order valence-electron chi connectivity index (χ3n) is 7.94. The van der Waals surface area contributed by atoms with E-state index in [-0.39, 0.29) is 47.3 Å². The van der Waals surface area contributed by atoms with Crippen LogP contribution in [0.2, 0.25) is 5.02 Å². The Balaban J connectivity index is 1.40. The van der Waals surface area contributed by atoms with E-state index in [1.165, 1.54) is 13.3 Å². The van der Waals surface area contributed by atoms with Crippen LogP contribution in [-0.2, 0) is 25.5 Å². The molecule has 2 bridgehead atoms. The summed E-state index contributed by atoms with van der Waals surface area (Å²) in [4.78, 5) is 47.9. The van der Waals surface area contributed by atoms with Crippen LogP contribution in [0.4, 0.5) is 23.1 Å². The number of allylic oxidation sites excluding steroid dienone is 1. The molecular formula is C28H33ClN6O6. The number of hydrogen-bond donors (Lipinski definition) is 4. The third-order valence-corrected chi connectivity index (χ3v) is 8.22. The van der Waals surface area contributed by atoms with Crippen LogP contribution in [-0.4, -0.2) is 72.3 Å². The maximum Gasteiger partial charge on any atom is 0.309 e. The maximum atomic E-state index is 13.3. The van der Waals surface area contributed by atoms with Crippen LogP contribution in [0.25, 0.3) is 0 Å². The van der Waals surface area contributed by atoms with Gasteiger partial charge in [-0.2, -0.15) is 4.98 Å². The molecule has 0 radical (unpaired) electrons. The number of carbonyl (C=O) groups excluding carboxylic acids is 2. The third kappa shape index (κ3) is 5.53. The summed E-state index contributed by atoms with van der Waals surface area (Å²) in [5, 5.41) is 19.3. The van der Waals surface area contributed by atoms with Gasteiger partial charge in [0.2, 0.25) is 17.8 Å². The van der Waals surface area contributed by atoms with Gasteiger partial charge in [-0.05, 0) is 50.2 Å². The van der Waals surface area contributed by atoms with Gasteiger partial charge in [0, 0.05) is 25.3 Å². The second-order valence-corrected chi connectivity index (χ2v) is 10.7. The first-order valence-electron chi connectivity index (χ1n) is 13.5. The average molecular weight is 585 g/mol. The molecule has 13 heteroatoms. The Morgan fingerprint density at radius 1 is 1.22 bits per heavy atom. The smallest absolute Gasteiger partial charge is 0.309 e. The summed E-state index contributed by atoms with van der Waals surface area (Å²) >= 11 is 6.41. The number of aromatic nitrogens is 2. The number of amides is 2. The molecule has 3 aliphatic rings. The lowest BCUT2D eigenvalue weighted by Crippen LogP contribution is -2.48. The Hall–Kier alpha value is -3.90. The molecule has 0 spiro atoms. The Bertz CT molecular complexity index is 1390. The summed E-state index contributed by atoms with van der Waals surface area (Å²) in [6.07, 6.45) is 7.11. The molecule has 1 aliphatic heterocycles. The minimum absolute atomic E-state index is 0.0143. The molecule has 0 saturated heterocycles. The fraction of sp³-hybridized carbons (Fsp3) is 0.464. The number of aliphatic carboxylic acids is 1. The number of carboxylic acid groups (broad SMARTS) is 1. The van der Waals surface area contributed by atoms with Gasteiger partial charge < -0.3 is 35.4 Å². The zero-order chi connectivity index (χ0) is 29.3. The number of anilines is 4. The average Bonchev–Trinajstić information content (AvgIpc) is 3.52. The van der Waals surface area contributed by atoms with Crippen molar-refractivity contribution in [3.8, 4) is 5.75 Å². The predicted molar refractivity (Wildman–Crippen MR) is 153 cm³/mol. The van der Waals surface area contributed by atoms with E-state index in [9.17, 15) is 19.5 Å². The summed E-state index contributed by atoms with van der Waals surface area (Å²) in [5.74, 6) is -0.806. The van der Waals surface area contributed by atoms with Gasteiger partial charge in [-0.15, -0.1) is 0 Å². The van der Waals surface area contributed by atoms with E-state index >= 15 is 0 Å². The van der Waals surface area contributed by atoms with Crippen LogP contribution in [0.15, 0.2) is 30.5 Å². The first-order chi connectivity index (χ1) is 19.7. The normalized spacial score (nSPS) is 24.5. The molecule has 1 aromatic carbocycles. The molecule has 5 rings (SSSR count). The molecule has 1 aromatic heterocycles. The second-order valence-electron chi connectivity index (χ2n) is 10.3. The highest BCUT2D eigenvalue weighted by Gasteiger charge is 2.48. The molecule has 41 heavy (non-hydrogen) atoms. The van der Waals surface area contributed by atoms with Crippen LogP contribution in [0.5, 0.6) is 5.75 Å². The number of ether oxygens (including phenoxy) is 2. The number of rotatable bonds is 10. The molecular weight excluding hydrogens is 552 g/mol. The quantitative estimate of drug-likeness (QED) is 0.306. The van der Waals surface area contributed by atoms with E-state index in [0.29, 0.717) is 42.3 Å². The number of nitrogens with zero attached hydrogens (tertiary/aromatic N) is 3. The zero-order valence-corrected chi connectivity index (χ0v) is 23.8. The Morgan fingerprint density at radius 3 is 2.71 bits per heavy atom. The molecule has 2 aromatic rings. The first kappa shape index (κ1) is 28.6. The van der Waals surface area contributed by atoms with Crippen LogP contribution >= 0.6 is 11.6 Å². The van der Waals surface area contributed by atoms with Gasteiger partial charge in [0.1, 0.15) is 23.4 Å². The zero-order valence-electron chi connectivity index (χ0n) is 23.0. The minimum atomic E-state index is -0.849. The Kier molecular flexibility index (Phi) is 8.32. The van der Waals surface area contributed by atoms with Gasteiger partial charge in [0.05, 0.1) is 30.6 Å². The second kappa shape index (κ2) is 11.9. The molecule has 2 aliphatic carbocycles.